The zero-order chi connectivity index (χ0) is 57.1. The summed E-state index contributed by atoms with van der Waals surface area (Å²) in [7, 11) is 0. The zero-order valence-corrected chi connectivity index (χ0v) is 47.5. The second-order valence-corrected chi connectivity index (χ2v) is 23.4. The number of hydrogen-bond donors (Lipinski definition) is 0. The highest BCUT2D eigenvalue weighted by atomic mass is 32.1. The van der Waals surface area contributed by atoms with Gasteiger partial charge in [-0.25, -0.2) is 24.9 Å². The fourth-order valence-electron chi connectivity index (χ4n) is 13.2. The average Bonchev–Trinajstić information content (AvgIpc) is 1.74. The average molecular weight is 1130 g/mol. The fourth-order valence-corrected chi connectivity index (χ4v) is 14.2. The molecule has 404 valence electrons. The van der Waals surface area contributed by atoms with Gasteiger partial charge in [-0.2, -0.15) is 0 Å². The Balaban J connectivity index is 0.781. The summed E-state index contributed by atoms with van der Waals surface area (Å²) in [4.78, 5) is 27.0. The molecule has 0 unspecified atom stereocenters. The van der Waals surface area contributed by atoms with Crippen molar-refractivity contribution in [1.82, 2.24) is 34.1 Å². The van der Waals surface area contributed by atoms with Gasteiger partial charge in [0, 0.05) is 49.0 Å². The second kappa shape index (κ2) is 19.6. The Morgan fingerprint density at radius 2 is 0.667 bits per heavy atom. The van der Waals surface area contributed by atoms with Gasteiger partial charge in [-0.1, -0.05) is 231 Å². The predicted octanol–water partition coefficient (Wildman–Crippen LogP) is 20.7. The highest BCUT2D eigenvalue weighted by molar-refractivity contribution is 7.21. The molecule has 18 rings (SSSR count). The highest BCUT2D eigenvalue weighted by Crippen LogP contribution is 2.43. The topological polar surface area (TPSA) is 74.3 Å². The zero-order valence-electron chi connectivity index (χ0n) is 46.7. The first-order valence-corrected chi connectivity index (χ1v) is 30.1. The molecule has 0 saturated carbocycles. The maximum atomic E-state index is 5.55. The molecule has 0 N–H and O–H groups in total. The number of rotatable bonds is 8. The van der Waals surface area contributed by atoms with Gasteiger partial charge in [0.25, 0.3) is 0 Å². The Labute approximate surface area is 503 Å². The number of hydrogen-bond acceptors (Lipinski definition) is 6. The molecule has 0 aliphatic heterocycles. The SMILES string of the molecule is c1ccc(-c2nc3cc4c(cc3s2)c2cc(-c3ccc5c(c3)c3ccccc3n5-c3nc(-c5ccc(-c6cccc7ccccc67)cc5)c5ccccc5n3)ccc2n4-c2nc(-c3ccc(-c4cccc5ccccc45)cc3)c3ccccc3n2)cc1. The van der Waals surface area contributed by atoms with Crippen LogP contribution in [0.5, 0.6) is 0 Å². The van der Waals surface area contributed by atoms with E-state index in [1.165, 1.54) is 32.7 Å². The van der Waals surface area contributed by atoms with Crippen LogP contribution < -0.4 is 0 Å². The van der Waals surface area contributed by atoms with Crippen LogP contribution in [0.4, 0.5) is 0 Å². The molecular formula is C79H47N7S. The molecule has 0 amide bonds. The Hall–Kier alpha value is -11.5. The van der Waals surface area contributed by atoms with Crippen molar-refractivity contribution in [1.29, 1.82) is 0 Å². The fraction of sp³-hybridized carbons (Fsp3) is 0. The normalized spacial score (nSPS) is 11.9. The standard InChI is InChI=1S/C79H47N7S/c1-2-18-54(19-3-1)77-80-69-47-73-66(46-74(69)87-77)65-45-56(41-43-72(65)86(73)79-82-68-30-12-9-26-63(68)76(84-79)53-38-34-51(35-39-53)60-28-15-21-49-17-5-7-23-58(49)60)55-40-42-71-64(44-55)61-24-10-13-31-70(61)85(71)78-81-67-29-11-8-25-62(67)75(83-78)52-36-32-50(33-37-52)59-27-14-20-48-16-4-6-22-57(48)59/h1-47H. The maximum Gasteiger partial charge on any atom is 0.235 e. The third-order valence-electron chi connectivity index (χ3n) is 17.4. The van der Waals surface area contributed by atoms with Crippen molar-refractivity contribution < 1.29 is 0 Å². The predicted molar refractivity (Wildman–Crippen MR) is 362 cm³/mol. The van der Waals surface area contributed by atoms with E-state index >= 15 is 0 Å². The largest absolute Gasteiger partial charge is 0.278 e. The second-order valence-electron chi connectivity index (χ2n) is 22.4. The van der Waals surface area contributed by atoms with Crippen molar-refractivity contribution in [3.8, 4) is 78.4 Å². The third-order valence-corrected chi connectivity index (χ3v) is 18.5. The summed E-state index contributed by atoms with van der Waals surface area (Å²) in [5.41, 5.74) is 18.6. The molecule has 0 aliphatic rings. The molecule has 8 heteroatoms. The van der Waals surface area contributed by atoms with Crippen LogP contribution >= 0.6 is 11.3 Å². The minimum absolute atomic E-state index is 0.596. The Bertz CT molecular complexity index is 5810. The van der Waals surface area contributed by atoms with E-state index in [0.717, 1.165) is 131 Å². The summed E-state index contributed by atoms with van der Waals surface area (Å²) in [6, 6.07) is 102. The van der Waals surface area contributed by atoms with Crippen molar-refractivity contribution in [3.63, 3.8) is 0 Å². The van der Waals surface area contributed by atoms with E-state index in [2.05, 4.69) is 288 Å². The Morgan fingerprint density at radius 3 is 1.24 bits per heavy atom. The molecule has 13 aromatic carbocycles. The molecule has 7 nitrogen and oxygen atoms in total. The lowest BCUT2D eigenvalue weighted by Gasteiger charge is -2.13. The van der Waals surface area contributed by atoms with Gasteiger partial charge in [0.1, 0.15) is 5.01 Å². The molecule has 87 heavy (non-hydrogen) atoms. The van der Waals surface area contributed by atoms with Gasteiger partial charge in [-0.15, -0.1) is 11.3 Å². The van der Waals surface area contributed by atoms with Gasteiger partial charge >= 0.3 is 0 Å². The molecule has 0 spiro atoms. The van der Waals surface area contributed by atoms with Crippen LogP contribution in [0.25, 0.3) is 176 Å². The van der Waals surface area contributed by atoms with Crippen LogP contribution in [0.1, 0.15) is 0 Å². The molecule has 0 saturated heterocycles. The molecule has 18 aromatic rings. The van der Waals surface area contributed by atoms with Crippen molar-refractivity contribution >= 4 is 109 Å². The molecule has 5 aromatic heterocycles. The summed E-state index contributed by atoms with van der Waals surface area (Å²) in [5, 5.41) is 12.3. The van der Waals surface area contributed by atoms with Crippen LogP contribution in [0.2, 0.25) is 0 Å². The van der Waals surface area contributed by atoms with Crippen LogP contribution in [0.15, 0.2) is 285 Å². The molecule has 0 aliphatic carbocycles. The first kappa shape index (κ1) is 49.0. The van der Waals surface area contributed by atoms with E-state index in [0.29, 0.717) is 11.9 Å². The molecule has 0 fully saturated rings. The van der Waals surface area contributed by atoms with E-state index in [-0.39, 0.29) is 0 Å². The number of fused-ring (bicyclic) bond motifs is 11. The quantitative estimate of drug-likeness (QED) is 0.152. The van der Waals surface area contributed by atoms with Gasteiger partial charge < -0.3 is 0 Å². The summed E-state index contributed by atoms with van der Waals surface area (Å²) in [6.45, 7) is 0. The summed E-state index contributed by atoms with van der Waals surface area (Å²) in [5.74, 6) is 1.22. The van der Waals surface area contributed by atoms with Crippen LogP contribution in [0, 0.1) is 0 Å². The van der Waals surface area contributed by atoms with Crippen molar-refractivity contribution in [2.24, 2.45) is 0 Å². The first-order valence-electron chi connectivity index (χ1n) is 29.3. The Morgan fingerprint density at radius 1 is 0.241 bits per heavy atom. The number of thiazole rings is 1. The molecule has 0 radical (unpaired) electrons. The molecule has 5 heterocycles. The van der Waals surface area contributed by atoms with E-state index in [1.54, 1.807) is 11.3 Å². The maximum absolute atomic E-state index is 5.55. The highest BCUT2D eigenvalue weighted by Gasteiger charge is 2.23. The van der Waals surface area contributed by atoms with Gasteiger partial charge in [0.2, 0.25) is 11.9 Å². The lowest BCUT2D eigenvalue weighted by molar-refractivity contribution is 1.01. The van der Waals surface area contributed by atoms with Gasteiger partial charge in [-0.3, -0.25) is 9.13 Å². The van der Waals surface area contributed by atoms with Gasteiger partial charge in [-0.05, 0) is 110 Å². The lowest BCUT2D eigenvalue weighted by atomic mass is 9.96. The number of benzene rings is 13. The van der Waals surface area contributed by atoms with Crippen molar-refractivity contribution in [3.05, 3.63) is 285 Å². The smallest absolute Gasteiger partial charge is 0.235 e. The van der Waals surface area contributed by atoms with Crippen LogP contribution in [-0.4, -0.2) is 34.1 Å². The molecular weight excluding hydrogens is 1080 g/mol. The summed E-state index contributed by atoms with van der Waals surface area (Å²) >= 11 is 1.72. The molecule has 0 bridgehead atoms. The first-order chi connectivity index (χ1) is 43.1. The lowest BCUT2D eigenvalue weighted by Crippen LogP contribution is -2.03. The van der Waals surface area contributed by atoms with Crippen molar-refractivity contribution in [2.75, 3.05) is 0 Å². The minimum Gasteiger partial charge on any atom is -0.278 e. The third kappa shape index (κ3) is 7.99. The van der Waals surface area contributed by atoms with Crippen molar-refractivity contribution in [2.45, 2.75) is 0 Å². The van der Waals surface area contributed by atoms with E-state index < -0.39 is 0 Å². The van der Waals surface area contributed by atoms with E-state index in [4.69, 9.17) is 24.9 Å². The number of aromatic nitrogens is 7. The van der Waals surface area contributed by atoms with E-state index in [1.807, 2.05) is 6.07 Å². The number of nitrogens with zero attached hydrogens (tertiary/aromatic N) is 7. The number of para-hydroxylation sites is 3. The molecule has 0 atom stereocenters. The van der Waals surface area contributed by atoms with Crippen LogP contribution in [-0.2, 0) is 0 Å². The van der Waals surface area contributed by atoms with Gasteiger partial charge in [0.15, 0.2) is 0 Å². The minimum atomic E-state index is 0.596. The summed E-state index contributed by atoms with van der Waals surface area (Å²) < 4.78 is 5.58. The monoisotopic (exact) mass is 1130 g/mol. The van der Waals surface area contributed by atoms with Crippen LogP contribution in [0.3, 0.4) is 0 Å². The summed E-state index contributed by atoms with van der Waals surface area (Å²) in [6.07, 6.45) is 0. The Kier molecular flexibility index (Phi) is 11.0. The van der Waals surface area contributed by atoms with E-state index in [9.17, 15) is 0 Å². The van der Waals surface area contributed by atoms with Gasteiger partial charge in [0.05, 0.1) is 54.7 Å².